The molecule has 0 aromatic rings. The highest BCUT2D eigenvalue weighted by atomic mass is 31.2. The Kier molecular flexibility index (Phi) is 12.2. The molecule has 0 aromatic carbocycles. The molecular weight excluding hydrogens is 315 g/mol. The minimum absolute atomic E-state index is 0.373. The van der Waals surface area contributed by atoms with Crippen LogP contribution in [0, 0.1) is 0 Å². The van der Waals surface area contributed by atoms with E-state index in [-0.39, 0.29) is 0 Å². The Hall–Kier alpha value is -0.0100. The summed E-state index contributed by atoms with van der Waals surface area (Å²) < 4.78 is 23.6. The van der Waals surface area contributed by atoms with Crippen LogP contribution in [0.4, 0.5) is 0 Å². The van der Waals surface area contributed by atoms with Crippen molar-refractivity contribution < 1.29 is 13.6 Å². The van der Waals surface area contributed by atoms with Gasteiger partial charge in [0.15, 0.2) is 0 Å². The molecule has 3 N–H and O–H groups in total. The van der Waals surface area contributed by atoms with E-state index in [0.717, 1.165) is 65.2 Å². The summed E-state index contributed by atoms with van der Waals surface area (Å²) in [6, 6.07) is 0. The minimum Gasteiger partial charge on any atom is -0.315 e. The average molecular weight is 350 g/mol. The molecule has 8 heteroatoms. The van der Waals surface area contributed by atoms with Gasteiger partial charge in [-0.05, 0) is 46.3 Å². The molecule has 0 aromatic heterocycles. The Balaban J connectivity index is 2.50. The van der Waals surface area contributed by atoms with Crippen LogP contribution in [0.15, 0.2) is 0 Å². The van der Waals surface area contributed by atoms with E-state index in [0.29, 0.717) is 19.5 Å². The van der Waals surface area contributed by atoms with Gasteiger partial charge in [-0.25, -0.2) is 0 Å². The van der Waals surface area contributed by atoms with Crippen LogP contribution >= 0.6 is 7.60 Å². The number of hydrogen-bond acceptors (Lipinski definition) is 7. The van der Waals surface area contributed by atoms with Crippen molar-refractivity contribution in [2.24, 2.45) is 0 Å². The average Bonchev–Trinajstić information content (AvgIpc) is 2.51. The van der Waals surface area contributed by atoms with Gasteiger partial charge in [0.2, 0.25) is 0 Å². The van der Waals surface area contributed by atoms with Crippen LogP contribution in [0.3, 0.4) is 0 Å². The van der Waals surface area contributed by atoms with Crippen LogP contribution in [-0.2, 0) is 13.6 Å². The molecule has 0 spiro atoms. The fourth-order valence-electron chi connectivity index (χ4n) is 2.57. The van der Waals surface area contributed by atoms with E-state index in [1.165, 1.54) is 0 Å². The first-order chi connectivity index (χ1) is 11.2. The molecule has 0 atom stereocenters. The van der Waals surface area contributed by atoms with Gasteiger partial charge in [0.05, 0.1) is 13.2 Å². The van der Waals surface area contributed by atoms with Crippen molar-refractivity contribution in [1.82, 2.24) is 20.9 Å². The Morgan fingerprint density at radius 2 is 1.39 bits per heavy atom. The van der Waals surface area contributed by atoms with E-state index in [1.807, 2.05) is 13.8 Å². The normalized spacial score (nSPS) is 21.0. The van der Waals surface area contributed by atoms with Crippen molar-refractivity contribution in [3.63, 3.8) is 0 Å². The lowest BCUT2D eigenvalue weighted by Crippen LogP contribution is -2.37. The Morgan fingerprint density at radius 1 is 0.826 bits per heavy atom. The van der Waals surface area contributed by atoms with E-state index < -0.39 is 7.60 Å². The van der Waals surface area contributed by atoms with Crippen LogP contribution in [0.25, 0.3) is 0 Å². The maximum absolute atomic E-state index is 12.7. The molecule has 1 saturated heterocycles. The maximum Gasteiger partial charge on any atom is 0.344 e. The van der Waals surface area contributed by atoms with Gasteiger partial charge in [-0.15, -0.1) is 0 Å². The zero-order valence-electron chi connectivity index (χ0n) is 14.8. The summed E-state index contributed by atoms with van der Waals surface area (Å²) in [6.07, 6.45) is 2.52. The van der Waals surface area contributed by atoms with Gasteiger partial charge >= 0.3 is 7.60 Å². The van der Waals surface area contributed by atoms with E-state index in [4.69, 9.17) is 9.05 Å². The van der Waals surface area contributed by atoms with Crippen LogP contribution in [0.2, 0.25) is 0 Å². The third-order valence-electron chi connectivity index (χ3n) is 3.64. The van der Waals surface area contributed by atoms with Gasteiger partial charge in [-0.3, -0.25) is 9.46 Å². The fourth-order valence-corrected chi connectivity index (χ4v) is 4.36. The van der Waals surface area contributed by atoms with Crippen molar-refractivity contribution >= 4 is 7.60 Å². The lowest BCUT2D eigenvalue weighted by atomic mass is 10.3. The van der Waals surface area contributed by atoms with E-state index in [2.05, 4.69) is 20.9 Å². The van der Waals surface area contributed by atoms with Gasteiger partial charge < -0.3 is 25.0 Å². The second-order valence-electron chi connectivity index (χ2n) is 5.66. The SMILES string of the molecule is CCOP(=O)(CN1CCCNCCNCCCNCC1)OCC. The number of nitrogens with zero attached hydrogens (tertiary/aromatic N) is 1. The van der Waals surface area contributed by atoms with E-state index in [1.54, 1.807) is 0 Å². The molecule has 7 nitrogen and oxygen atoms in total. The minimum atomic E-state index is -3.01. The molecule has 1 aliphatic rings. The molecule has 0 bridgehead atoms. The molecule has 1 heterocycles. The van der Waals surface area contributed by atoms with E-state index in [9.17, 15) is 4.57 Å². The Morgan fingerprint density at radius 3 is 2.00 bits per heavy atom. The van der Waals surface area contributed by atoms with Gasteiger partial charge in [0.25, 0.3) is 0 Å². The lowest BCUT2D eigenvalue weighted by Gasteiger charge is -2.27. The quantitative estimate of drug-likeness (QED) is 0.619. The summed E-state index contributed by atoms with van der Waals surface area (Å²) in [5, 5.41) is 10.3. The first kappa shape index (κ1) is 21.0. The summed E-state index contributed by atoms with van der Waals surface area (Å²) in [6.45, 7) is 12.2. The van der Waals surface area contributed by atoms with Crippen LogP contribution < -0.4 is 16.0 Å². The summed E-state index contributed by atoms with van der Waals surface area (Å²) in [5.41, 5.74) is 0. The lowest BCUT2D eigenvalue weighted by molar-refractivity contribution is 0.194. The van der Waals surface area contributed by atoms with Crippen molar-refractivity contribution in [1.29, 1.82) is 0 Å². The number of hydrogen-bond donors (Lipinski definition) is 3. The summed E-state index contributed by atoms with van der Waals surface area (Å²) in [4.78, 5) is 2.20. The molecule has 1 rings (SSSR count). The highest BCUT2D eigenvalue weighted by molar-refractivity contribution is 7.53. The predicted octanol–water partition coefficient (Wildman–Crippen LogP) is 1.07. The second-order valence-corrected chi connectivity index (χ2v) is 7.68. The molecule has 1 fully saturated rings. The highest BCUT2D eigenvalue weighted by Gasteiger charge is 2.26. The molecule has 0 saturated carbocycles. The molecular formula is C15H35N4O3P. The topological polar surface area (TPSA) is 74.9 Å². The standard InChI is InChI=1S/C15H35N4O3P/c1-3-21-23(20,22-4-2)15-19-13-6-9-17-11-10-16-7-5-8-18-12-14-19/h16-18H,3-15H2,1-2H3. The zero-order valence-corrected chi connectivity index (χ0v) is 15.7. The molecule has 0 unspecified atom stereocenters. The summed E-state index contributed by atoms with van der Waals surface area (Å²) in [7, 11) is -3.01. The van der Waals surface area contributed by atoms with Gasteiger partial charge in [-0.2, -0.15) is 0 Å². The molecule has 0 aliphatic carbocycles. The number of nitrogens with one attached hydrogen (secondary N) is 3. The predicted molar refractivity (Wildman–Crippen MR) is 95.1 cm³/mol. The molecule has 23 heavy (non-hydrogen) atoms. The van der Waals surface area contributed by atoms with Crippen LogP contribution in [0.1, 0.15) is 26.7 Å². The van der Waals surface area contributed by atoms with Crippen molar-refractivity contribution in [2.45, 2.75) is 26.7 Å². The summed E-state index contributed by atoms with van der Waals surface area (Å²) >= 11 is 0. The monoisotopic (exact) mass is 350 g/mol. The summed E-state index contributed by atoms with van der Waals surface area (Å²) in [5.74, 6) is 0. The van der Waals surface area contributed by atoms with Crippen LogP contribution in [-0.4, -0.2) is 76.8 Å². The third-order valence-corrected chi connectivity index (χ3v) is 5.69. The first-order valence-electron chi connectivity index (χ1n) is 8.93. The maximum atomic E-state index is 12.7. The smallest absolute Gasteiger partial charge is 0.315 e. The van der Waals surface area contributed by atoms with Crippen molar-refractivity contribution in [3.8, 4) is 0 Å². The second kappa shape index (κ2) is 13.3. The molecule has 0 amide bonds. The van der Waals surface area contributed by atoms with Gasteiger partial charge in [-0.1, -0.05) is 0 Å². The van der Waals surface area contributed by atoms with Crippen LogP contribution in [0.5, 0.6) is 0 Å². The Bertz CT molecular complexity index is 310. The molecule has 138 valence electrons. The molecule has 1 aliphatic heterocycles. The highest BCUT2D eigenvalue weighted by Crippen LogP contribution is 2.48. The van der Waals surface area contributed by atoms with E-state index >= 15 is 0 Å². The van der Waals surface area contributed by atoms with Crippen molar-refractivity contribution in [3.05, 3.63) is 0 Å². The first-order valence-corrected chi connectivity index (χ1v) is 10.7. The van der Waals surface area contributed by atoms with Gasteiger partial charge in [0, 0.05) is 32.7 Å². The largest absolute Gasteiger partial charge is 0.344 e. The van der Waals surface area contributed by atoms with Crippen molar-refractivity contribution in [2.75, 3.05) is 71.9 Å². The zero-order chi connectivity index (χ0) is 16.8. The fraction of sp³-hybridized carbons (Fsp3) is 1.00. The third kappa shape index (κ3) is 10.5. The number of rotatable bonds is 6. The van der Waals surface area contributed by atoms with Gasteiger partial charge in [0.1, 0.15) is 6.29 Å². The Labute approximate surface area is 141 Å². The molecule has 0 radical (unpaired) electrons.